The van der Waals surface area contributed by atoms with Crippen LogP contribution in [-0.4, -0.2) is 23.3 Å². The third kappa shape index (κ3) is 4.87. The number of nitro benzene ring substituents is 1. The van der Waals surface area contributed by atoms with E-state index in [-0.39, 0.29) is 17.7 Å². The van der Waals surface area contributed by atoms with Gasteiger partial charge in [0, 0.05) is 24.6 Å². The largest absolute Gasteiger partial charge is 0.419 e. The van der Waals surface area contributed by atoms with Crippen LogP contribution in [0.25, 0.3) is 0 Å². The average Bonchev–Trinajstić information content (AvgIpc) is 2.45. The van der Waals surface area contributed by atoms with Crippen molar-refractivity contribution in [1.82, 2.24) is 5.32 Å². The van der Waals surface area contributed by atoms with Gasteiger partial charge in [0.15, 0.2) is 0 Å². The molecule has 0 radical (unpaired) electrons. The summed E-state index contributed by atoms with van der Waals surface area (Å²) in [6.45, 7) is 4.09. The van der Waals surface area contributed by atoms with Crippen LogP contribution >= 0.6 is 0 Å². The summed E-state index contributed by atoms with van der Waals surface area (Å²) in [5, 5.41) is 13.6. The first-order valence-corrected chi connectivity index (χ1v) is 6.76. The molecule has 0 aliphatic rings. The molecule has 1 aromatic rings. The smallest absolute Gasteiger partial charge is 0.312 e. The summed E-state index contributed by atoms with van der Waals surface area (Å²) in [5.74, 6) is -1.08. The molecule has 21 heavy (non-hydrogen) atoms. The number of hydrogen-bond donors (Lipinski definition) is 1. The number of rotatable bonds is 7. The molecular formula is C14H18N2O5. The highest BCUT2D eigenvalue weighted by Crippen LogP contribution is 2.28. The number of carbonyl (C=O) groups excluding carboxylic acids is 2. The standard InChI is InChI=1S/C14H18N2O5/c1-3-5-6-13(17)21-12-8-7-10(14(18)15-4-2)9-11(12)16(19)20/h7-9H,3-6H2,1-2H3,(H,15,18). The maximum absolute atomic E-state index is 11.7. The molecule has 0 fully saturated rings. The van der Waals surface area contributed by atoms with Gasteiger partial charge in [0.1, 0.15) is 0 Å². The van der Waals surface area contributed by atoms with Crippen molar-refractivity contribution in [3.05, 3.63) is 33.9 Å². The van der Waals surface area contributed by atoms with Crippen molar-refractivity contribution in [3.8, 4) is 5.75 Å². The van der Waals surface area contributed by atoms with Gasteiger partial charge >= 0.3 is 11.7 Å². The van der Waals surface area contributed by atoms with E-state index < -0.39 is 22.5 Å². The fourth-order valence-corrected chi connectivity index (χ4v) is 1.65. The number of amides is 1. The van der Waals surface area contributed by atoms with E-state index in [0.717, 1.165) is 12.5 Å². The van der Waals surface area contributed by atoms with Gasteiger partial charge < -0.3 is 10.1 Å². The molecule has 0 aromatic heterocycles. The van der Waals surface area contributed by atoms with Crippen LogP contribution in [0.3, 0.4) is 0 Å². The van der Waals surface area contributed by atoms with Crippen molar-refractivity contribution in [2.24, 2.45) is 0 Å². The van der Waals surface area contributed by atoms with Gasteiger partial charge in [0.25, 0.3) is 5.91 Å². The summed E-state index contributed by atoms with van der Waals surface area (Å²) >= 11 is 0. The summed E-state index contributed by atoms with van der Waals surface area (Å²) in [4.78, 5) is 33.6. The van der Waals surface area contributed by atoms with Gasteiger partial charge in [0.05, 0.1) is 4.92 Å². The lowest BCUT2D eigenvalue weighted by Crippen LogP contribution is -2.22. The first kappa shape index (κ1) is 16.6. The van der Waals surface area contributed by atoms with Crippen molar-refractivity contribution in [1.29, 1.82) is 0 Å². The van der Waals surface area contributed by atoms with Gasteiger partial charge in [0.2, 0.25) is 5.75 Å². The molecule has 0 atom stereocenters. The topological polar surface area (TPSA) is 98.5 Å². The molecular weight excluding hydrogens is 276 g/mol. The molecule has 1 rings (SSSR count). The zero-order chi connectivity index (χ0) is 15.8. The molecule has 0 saturated carbocycles. The number of carbonyl (C=O) groups is 2. The molecule has 1 aromatic carbocycles. The zero-order valence-corrected chi connectivity index (χ0v) is 12.0. The van der Waals surface area contributed by atoms with E-state index in [1.54, 1.807) is 6.92 Å². The van der Waals surface area contributed by atoms with Crippen LogP contribution in [0.1, 0.15) is 43.5 Å². The second-order valence-electron chi connectivity index (χ2n) is 4.38. The van der Waals surface area contributed by atoms with Crippen LogP contribution in [0.5, 0.6) is 5.75 Å². The Kier molecular flexibility index (Phi) is 6.32. The Morgan fingerprint density at radius 2 is 2.05 bits per heavy atom. The third-order valence-electron chi connectivity index (χ3n) is 2.71. The minimum atomic E-state index is -0.675. The Hall–Kier alpha value is -2.44. The molecule has 0 saturated heterocycles. The monoisotopic (exact) mass is 294 g/mol. The van der Waals surface area contributed by atoms with Crippen molar-refractivity contribution in [2.45, 2.75) is 33.1 Å². The van der Waals surface area contributed by atoms with Gasteiger partial charge in [-0.3, -0.25) is 19.7 Å². The molecule has 7 nitrogen and oxygen atoms in total. The summed E-state index contributed by atoms with van der Waals surface area (Å²) in [6.07, 6.45) is 1.68. The van der Waals surface area contributed by atoms with Crippen LogP contribution in [0.2, 0.25) is 0 Å². The zero-order valence-electron chi connectivity index (χ0n) is 12.0. The van der Waals surface area contributed by atoms with Gasteiger partial charge in [-0.15, -0.1) is 0 Å². The van der Waals surface area contributed by atoms with Gasteiger partial charge in [-0.05, 0) is 25.5 Å². The number of nitrogens with zero attached hydrogens (tertiary/aromatic N) is 1. The second kappa shape index (κ2) is 7.98. The number of benzene rings is 1. The van der Waals surface area contributed by atoms with Crippen molar-refractivity contribution < 1.29 is 19.2 Å². The number of unbranched alkanes of at least 4 members (excludes halogenated alkanes) is 1. The van der Waals surface area contributed by atoms with E-state index in [9.17, 15) is 19.7 Å². The molecule has 1 amide bonds. The summed E-state index contributed by atoms with van der Waals surface area (Å²) < 4.78 is 4.99. The summed E-state index contributed by atoms with van der Waals surface area (Å²) in [7, 11) is 0. The fourth-order valence-electron chi connectivity index (χ4n) is 1.65. The van der Waals surface area contributed by atoms with E-state index in [1.165, 1.54) is 12.1 Å². The first-order chi connectivity index (χ1) is 9.99. The molecule has 0 unspecified atom stereocenters. The Morgan fingerprint density at radius 1 is 1.33 bits per heavy atom. The van der Waals surface area contributed by atoms with Crippen molar-refractivity contribution >= 4 is 17.6 Å². The van der Waals surface area contributed by atoms with E-state index in [0.29, 0.717) is 13.0 Å². The fraction of sp³-hybridized carbons (Fsp3) is 0.429. The number of esters is 1. The van der Waals surface area contributed by atoms with E-state index in [2.05, 4.69) is 5.32 Å². The molecule has 0 bridgehead atoms. The lowest BCUT2D eigenvalue weighted by atomic mass is 10.1. The lowest BCUT2D eigenvalue weighted by molar-refractivity contribution is -0.385. The lowest BCUT2D eigenvalue weighted by Gasteiger charge is -2.07. The highest BCUT2D eigenvalue weighted by atomic mass is 16.6. The number of ether oxygens (including phenoxy) is 1. The van der Waals surface area contributed by atoms with Crippen LogP contribution in [0.15, 0.2) is 18.2 Å². The summed E-state index contributed by atoms with van der Waals surface area (Å²) in [5.41, 5.74) is -0.250. The molecule has 0 heterocycles. The molecule has 1 N–H and O–H groups in total. The van der Waals surface area contributed by atoms with Crippen LogP contribution in [-0.2, 0) is 4.79 Å². The Bertz CT molecular complexity index is 542. The SMILES string of the molecule is CCCCC(=O)Oc1ccc(C(=O)NCC)cc1[N+](=O)[O-]. The maximum atomic E-state index is 11.7. The van der Waals surface area contributed by atoms with Crippen molar-refractivity contribution in [2.75, 3.05) is 6.54 Å². The van der Waals surface area contributed by atoms with E-state index in [4.69, 9.17) is 4.74 Å². The number of nitrogens with one attached hydrogen (secondary N) is 1. The molecule has 0 aliphatic heterocycles. The Morgan fingerprint density at radius 3 is 2.62 bits per heavy atom. The normalized spacial score (nSPS) is 10.0. The van der Waals surface area contributed by atoms with Gasteiger partial charge in [-0.2, -0.15) is 0 Å². The van der Waals surface area contributed by atoms with Crippen molar-refractivity contribution in [3.63, 3.8) is 0 Å². The predicted octanol–water partition coefficient (Wildman–Crippen LogP) is 2.44. The second-order valence-corrected chi connectivity index (χ2v) is 4.38. The molecule has 114 valence electrons. The van der Waals surface area contributed by atoms with E-state index >= 15 is 0 Å². The Labute approximate surface area is 122 Å². The van der Waals surface area contributed by atoms with Gasteiger partial charge in [-0.25, -0.2) is 0 Å². The highest BCUT2D eigenvalue weighted by Gasteiger charge is 2.20. The average molecular weight is 294 g/mol. The van der Waals surface area contributed by atoms with Crippen LogP contribution in [0.4, 0.5) is 5.69 Å². The van der Waals surface area contributed by atoms with Gasteiger partial charge in [-0.1, -0.05) is 13.3 Å². The van der Waals surface area contributed by atoms with E-state index in [1.807, 2.05) is 6.92 Å². The molecule has 0 aliphatic carbocycles. The molecule has 7 heteroatoms. The number of nitro groups is 1. The number of hydrogen-bond acceptors (Lipinski definition) is 5. The highest BCUT2D eigenvalue weighted by molar-refractivity contribution is 5.95. The minimum absolute atomic E-state index is 0.144. The third-order valence-corrected chi connectivity index (χ3v) is 2.71. The predicted molar refractivity (Wildman–Crippen MR) is 76.3 cm³/mol. The van der Waals surface area contributed by atoms with Crippen LogP contribution < -0.4 is 10.1 Å². The Balaban J connectivity index is 2.97. The quantitative estimate of drug-likeness (QED) is 0.360. The first-order valence-electron chi connectivity index (χ1n) is 6.76. The summed E-state index contributed by atoms with van der Waals surface area (Å²) in [6, 6.07) is 3.76. The minimum Gasteiger partial charge on any atom is -0.419 e. The maximum Gasteiger partial charge on any atom is 0.312 e. The van der Waals surface area contributed by atoms with Crippen LogP contribution in [0, 0.1) is 10.1 Å². The molecule has 0 spiro atoms.